The number of carbonyl (C=O) groups is 1. The predicted octanol–water partition coefficient (Wildman–Crippen LogP) is 2.87. The average Bonchev–Trinajstić information content (AvgIpc) is 3.12. The molecule has 1 saturated carbocycles. The third-order valence-corrected chi connectivity index (χ3v) is 5.30. The van der Waals surface area contributed by atoms with Crippen molar-refractivity contribution in [2.24, 2.45) is 5.92 Å². The molecule has 20 heavy (non-hydrogen) atoms. The van der Waals surface area contributed by atoms with Crippen LogP contribution in [0, 0.1) is 5.92 Å². The van der Waals surface area contributed by atoms with E-state index in [1.165, 1.54) is 58.0 Å². The van der Waals surface area contributed by atoms with E-state index < -0.39 is 0 Å². The van der Waals surface area contributed by atoms with Gasteiger partial charge in [0, 0.05) is 12.5 Å². The first-order valence-corrected chi connectivity index (χ1v) is 8.47. The number of hydrogen-bond donors (Lipinski definition) is 1. The fourth-order valence-corrected chi connectivity index (χ4v) is 4.11. The largest absolute Gasteiger partial charge is 0.349 e. The Labute approximate surface area is 122 Å². The van der Waals surface area contributed by atoms with Crippen LogP contribution in [0.4, 0.5) is 0 Å². The van der Waals surface area contributed by atoms with Gasteiger partial charge in [-0.3, -0.25) is 4.79 Å². The molecule has 3 nitrogen and oxygen atoms in total. The monoisotopic (exact) mass is 276 g/mol. The summed E-state index contributed by atoms with van der Waals surface area (Å²) in [6, 6.07) is 0. The maximum absolute atomic E-state index is 12.5. The second-order valence-electron chi connectivity index (χ2n) is 6.95. The van der Waals surface area contributed by atoms with Crippen LogP contribution in [-0.2, 0) is 4.79 Å². The van der Waals surface area contributed by atoms with Crippen molar-refractivity contribution in [3.05, 3.63) is 12.2 Å². The first-order chi connectivity index (χ1) is 9.77. The first kappa shape index (κ1) is 14.1. The highest BCUT2D eigenvalue weighted by Gasteiger charge is 2.37. The van der Waals surface area contributed by atoms with E-state index in [1.807, 2.05) is 0 Å². The molecule has 1 amide bonds. The van der Waals surface area contributed by atoms with Crippen molar-refractivity contribution in [3.63, 3.8) is 0 Å². The molecule has 0 spiro atoms. The van der Waals surface area contributed by atoms with E-state index >= 15 is 0 Å². The summed E-state index contributed by atoms with van der Waals surface area (Å²) in [4.78, 5) is 15.1. The third kappa shape index (κ3) is 3.25. The Morgan fingerprint density at radius 2 is 1.70 bits per heavy atom. The van der Waals surface area contributed by atoms with Gasteiger partial charge in [0.25, 0.3) is 0 Å². The van der Waals surface area contributed by atoms with Crippen molar-refractivity contribution in [1.82, 2.24) is 10.2 Å². The number of allylic oxidation sites excluding steroid dienone is 2. The molecule has 3 heteroatoms. The van der Waals surface area contributed by atoms with Gasteiger partial charge >= 0.3 is 0 Å². The van der Waals surface area contributed by atoms with E-state index in [0.717, 1.165) is 19.4 Å². The van der Waals surface area contributed by atoms with Gasteiger partial charge in [-0.05, 0) is 51.6 Å². The molecule has 1 saturated heterocycles. The van der Waals surface area contributed by atoms with Crippen LogP contribution in [0.5, 0.6) is 0 Å². The van der Waals surface area contributed by atoms with Crippen LogP contribution < -0.4 is 5.32 Å². The molecule has 1 N–H and O–H groups in total. The highest BCUT2D eigenvalue weighted by atomic mass is 16.2. The molecule has 0 aromatic rings. The zero-order valence-electron chi connectivity index (χ0n) is 12.6. The van der Waals surface area contributed by atoms with Crippen LogP contribution >= 0.6 is 0 Å². The van der Waals surface area contributed by atoms with Gasteiger partial charge in [0.1, 0.15) is 0 Å². The van der Waals surface area contributed by atoms with E-state index in [-0.39, 0.29) is 11.5 Å². The molecular formula is C17H28N2O. The summed E-state index contributed by atoms with van der Waals surface area (Å²) >= 11 is 0. The van der Waals surface area contributed by atoms with Gasteiger partial charge in [0.15, 0.2) is 0 Å². The van der Waals surface area contributed by atoms with Crippen LogP contribution in [0.25, 0.3) is 0 Å². The predicted molar refractivity (Wildman–Crippen MR) is 81.5 cm³/mol. The minimum Gasteiger partial charge on any atom is -0.349 e. The summed E-state index contributed by atoms with van der Waals surface area (Å²) < 4.78 is 0. The van der Waals surface area contributed by atoms with E-state index in [1.54, 1.807) is 0 Å². The quantitative estimate of drug-likeness (QED) is 0.801. The third-order valence-electron chi connectivity index (χ3n) is 5.30. The van der Waals surface area contributed by atoms with Crippen molar-refractivity contribution in [2.75, 3.05) is 19.6 Å². The van der Waals surface area contributed by atoms with Crippen LogP contribution in [0.1, 0.15) is 57.8 Å². The number of carbonyl (C=O) groups excluding carboxylic acids is 1. The Kier molecular flexibility index (Phi) is 4.45. The Bertz CT molecular complexity index is 357. The smallest absolute Gasteiger partial charge is 0.224 e. The number of amides is 1. The molecular weight excluding hydrogens is 248 g/mol. The lowest BCUT2D eigenvalue weighted by molar-refractivity contribution is -0.127. The molecule has 0 atom stereocenters. The Hall–Kier alpha value is -0.830. The van der Waals surface area contributed by atoms with Gasteiger partial charge in [-0.1, -0.05) is 31.4 Å². The summed E-state index contributed by atoms with van der Waals surface area (Å²) in [6.45, 7) is 3.53. The molecule has 1 aliphatic heterocycles. The molecule has 3 aliphatic rings. The Morgan fingerprint density at radius 3 is 2.35 bits per heavy atom. The molecule has 3 rings (SSSR count). The highest BCUT2D eigenvalue weighted by Crippen LogP contribution is 2.31. The number of nitrogens with one attached hydrogen (secondary N) is 1. The number of rotatable bonds is 4. The maximum Gasteiger partial charge on any atom is 0.224 e. The van der Waals surface area contributed by atoms with Gasteiger partial charge in [-0.15, -0.1) is 0 Å². The normalized spacial score (nSPS) is 27.0. The summed E-state index contributed by atoms with van der Waals surface area (Å²) in [5, 5.41) is 3.48. The standard InChI is InChI=1S/C17H28N2O/c20-16(15-8-2-3-9-15)18-17(10-4-1-5-11-17)14-19-12-6-7-13-19/h2-3,15H,1,4-14H2,(H,18,20). The Balaban J connectivity index is 1.63. The van der Waals surface area contributed by atoms with Crippen molar-refractivity contribution >= 4 is 5.91 Å². The van der Waals surface area contributed by atoms with Crippen LogP contribution in [0.15, 0.2) is 12.2 Å². The fraction of sp³-hybridized carbons (Fsp3) is 0.824. The maximum atomic E-state index is 12.5. The zero-order valence-corrected chi connectivity index (χ0v) is 12.6. The number of likely N-dealkylation sites (tertiary alicyclic amines) is 1. The van der Waals surface area contributed by atoms with Crippen LogP contribution in [0.3, 0.4) is 0 Å². The van der Waals surface area contributed by atoms with E-state index in [4.69, 9.17) is 0 Å². The van der Waals surface area contributed by atoms with Crippen molar-refractivity contribution in [1.29, 1.82) is 0 Å². The van der Waals surface area contributed by atoms with Gasteiger partial charge in [0.05, 0.1) is 5.54 Å². The van der Waals surface area contributed by atoms with Gasteiger partial charge in [-0.25, -0.2) is 0 Å². The number of nitrogens with zero attached hydrogens (tertiary/aromatic N) is 1. The van der Waals surface area contributed by atoms with Crippen molar-refractivity contribution in [2.45, 2.75) is 63.3 Å². The lowest BCUT2D eigenvalue weighted by Gasteiger charge is -2.41. The van der Waals surface area contributed by atoms with Crippen molar-refractivity contribution < 1.29 is 4.79 Å². The summed E-state index contributed by atoms with van der Waals surface area (Å²) in [6.07, 6.45) is 15.1. The Morgan fingerprint density at radius 1 is 1.05 bits per heavy atom. The average molecular weight is 276 g/mol. The topological polar surface area (TPSA) is 32.3 Å². The van der Waals surface area contributed by atoms with E-state index in [9.17, 15) is 4.79 Å². The molecule has 0 radical (unpaired) electrons. The molecule has 2 fully saturated rings. The van der Waals surface area contributed by atoms with Gasteiger partial charge < -0.3 is 10.2 Å². The lowest BCUT2D eigenvalue weighted by Crippen LogP contribution is -2.57. The summed E-state index contributed by atoms with van der Waals surface area (Å²) in [7, 11) is 0. The zero-order chi connectivity index (χ0) is 13.8. The van der Waals surface area contributed by atoms with Gasteiger partial charge in [-0.2, -0.15) is 0 Å². The molecule has 1 heterocycles. The molecule has 112 valence electrons. The lowest BCUT2D eigenvalue weighted by atomic mass is 9.80. The SMILES string of the molecule is O=C(NC1(CN2CCCC2)CCCCC1)C1CC=CC1. The van der Waals surface area contributed by atoms with E-state index in [2.05, 4.69) is 22.4 Å². The second-order valence-corrected chi connectivity index (χ2v) is 6.95. The van der Waals surface area contributed by atoms with Crippen LogP contribution in [-0.4, -0.2) is 36.0 Å². The minimum atomic E-state index is 0.0717. The number of hydrogen-bond acceptors (Lipinski definition) is 2. The van der Waals surface area contributed by atoms with Crippen molar-refractivity contribution in [3.8, 4) is 0 Å². The fourth-order valence-electron chi connectivity index (χ4n) is 4.11. The molecule has 0 unspecified atom stereocenters. The summed E-state index contributed by atoms with van der Waals surface area (Å²) in [5.41, 5.74) is 0.0717. The second kappa shape index (κ2) is 6.30. The first-order valence-electron chi connectivity index (χ1n) is 8.47. The highest BCUT2D eigenvalue weighted by molar-refractivity contribution is 5.80. The van der Waals surface area contributed by atoms with Crippen LogP contribution in [0.2, 0.25) is 0 Å². The molecule has 0 bridgehead atoms. The minimum absolute atomic E-state index is 0.0717. The molecule has 0 aromatic heterocycles. The molecule has 2 aliphatic carbocycles. The van der Waals surface area contributed by atoms with Gasteiger partial charge in [0.2, 0.25) is 5.91 Å². The summed E-state index contributed by atoms with van der Waals surface area (Å²) in [5.74, 6) is 0.503. The molecule has 0 aromatic carbocycles. The van der Waals surface area contributed by atoms with E-state index in [0.29, 0.717) is 5.91 Å².